The van der Waals surface area contributed by atoms with Gasteiger partial charge in [-0.1, -0.05) is 5.16 Å². The van der Waals surface area contributed by atoms with Crippen molar-refractivity contribution < 1.29 is 14.7 Å². The van der Waals surface area contributed by atoms with Crippen LogP contribution in [0.25, 0.3) is 0 Å². The van der Waals surface area contributed by atoms with Crippen LogP contribution in [-0.4, -0.2) is 23.0 Å². The molecule has 2 aromatic rings. The molecule has 0 amide bonds. The summed E-state index contributed by atoms with van der Waals surface area (Å²) < 4.78 is 11.9. The van der Waals surface area contributed by atoms with E-state index in [1.165, 1.54) is 0 Å². The zero-order valence-corrected chi connectivity index (χ0v) is 13.3. The van der Waals surface area contributed by atoms with Gasteiger partial charge in [0.2, 0.25) is 0 Å². The van der Waals surface area contributed by atoms with Crippen molar-refractivity contribution >= 4 is 21.6 Å². The second-order valence-corrected chi connectivity index (χ2v) is 5.22. The summed E-state index contributed by atoms with van der Waals surface area (Å²) in [5.41, 5.74) is 2.09. The first-order valence-electron chi connectivity index (χ1n) is 6.24. The second kappa shape index (κ2) is 7.08. The minimum absolute atomic E-state index is 0.343. The van der Waals surface area contributed by atoms with Gasteiger partial charge < -0.3 is 14.7 Å². The Morgan fingerprint density at radius 2 is 2.10 bits per heavy atom. The van der Waals surface area contributed by atoms with Crippen LogP contribution in [0, 0.1) is 0 Å². The number of halogens is 1. The first-order valence-corrected chi connectivity index (χ1v) is 7.03. The maximum atomic E-state index is 8.80. The summed E-state index contributed by atoms with van der Waals surface area (Å²) in [6.45, 7) is 2.05. The van der Waals surface area contributed by atoms with Crippen LogP contribution in [0.5, 0.6) is 11.5 Å². The number of oxime groups is 1. The molecule has 0 bridgehead atoms. The van der Waals surface area contributed by atoms with E-state index in [1.54, 1.807) is 32.4 Å². The Balaban J connectivity index is 2.14. The molecular weight excluding hydrogens is 336 g/mol. The molecule has 1 heterocycles. The summed E-state index contributed by atoms with van der Waals surface area (Å²) in [5.74, 6) is 1.18. The van der Waals surface area contributed by atoms with Crippen LogP contribution in [0.4, 0.5) is 0 Å². The molecular formula is C15H15BrN2O3. The molecule has 1 aromatic heterocycles. The highest BCUT2D eigenvalue weighted by Crippen LogP contribution is 2.29. The number of aromatic nitrogens is 1. The largest absolute Gasteiger partial charge is 0.493 e. The van der Waals surface area contributed by atoms with Gasteiger partial charge in [-0.3, -0.25) is 4.98 Å². The number of rotatable bonds is 5. The fourth-order valence-electron chi connectivity index (χ4n) is 1.71. The Kier molecular flexibility index (Phi) is 5.16. The molecule has 6 heteroatoms. The number of ether oxygens (including phenoxy) is 2. The predicted octanol–water partition coefficient (Wildman–Crippen LogP) is 3.63. The molecule has 0 fully saturated rings. The van der Waals surface area contributed by atoms with Gasteiger partial charge in [-0.25, -0.2) is 0 Å². The van der Waals surface area contributed by atoms with Crippen molar-refractivity contribution in [3.8, 4) is 11.5 Å². The standard InChI is InChI=1S/C15H15BrN2O3/c1-10(18-19)11-3-6-14(15(7-11)20-2)21-9-13-5-4-12(16)8-17-13/h3-8,19H,9H2,1-2H3/b18-10+. The van der Waals surface area contributed by atoms with Gasteiger partial charge >= 0.3 is 0 Å². The van der Waals surface area contributed by atoms with Gasteiger partial charge in [-0.15, -0.1) is 0 Å². The highest BCUT2D eigenvalue weighted by Gasteiger charge is 2.08. The van der Waals surface area contributed by atoms with Crippen LogP contribution in [0.3, 0.4) is 0 Å². The average Bonchev–Trinajstić information content (AvgIpc) is 2.53. The Labute approximate surface area is 131 Å². The monoisotopic (exact) mass is 350 g/mol. The third-order valence-corrected chi connectivity index (χ3v) is 3.36. The molecule has 0 spiro atoms. The van der Waals surface area contributed by atoms with E-state index in [9.17, 15) is 0 Å². The fourth-order valence-corrected chi connectivity index (χ4v) is 1.95. The molecule has 0 saturated heterocycles. The summed E-state index contributed by atoms with van der Waals surface area (Å²) in [6.07, 6.45) is 1.72. The maximum Gasteiger partial charge on any atom is 0.161 e. The summed E-state index contributed by atoms with van der Waals surface area (Å²) in [6, 6.07) is 9.14. The van der Waals surface area contributed by atoms with E-state index in [1.807, 2.05) is 18.2 Å². The van der Waals surface area contributed by atoms with Crippen molar-refractivity contribution in [3.63, 3.8) is 0 Å². The van der Waals surface area contributed by atoms with Crippen molar-refractivity contribution in [1.29, 1.82) is 0 Å². The molecule has 1 aromatic carbocycles. The average molecular weight is 351 g/mol. The van der Waals surface area contributed by atoms with E-state index >= 15 is 0 Å². The van der Waals surface area contributed by atoms with E-state index in [2.05, 4.69) is 26.1 Å². The number of nitrogens with zero attached hydrogens (tertiary/aromatic N) is 2. The molecule has 21 heavy (non-hydrogen) atoms. The zero-order chi connectivity index (χ0) is 15.2. The van der Waals surface area contributed by atoms with Crippen LogP contribution in [0.2, 0.25) is 0 Å². The van der Waals surface area contributed by atoms with E-state index in [0.717, 1.165) is 15.7 Å². The van der Waals surface area contributed by atoms with Gasteiger partial charge in [0.05, 0.1) is 18.5 Å². The Morgan fingerprint density at radius 3 is 2.71 bits per heavy atom. The lowest BCUT2D eigenvalue weighted by Gasteiger charge is -2.11. The lowest BCUT2D eigenvalue weighted by molar-refractivity contribution is 0.280. The Bertz CT molecular complexity index is 642. The molecule has 0 aliphatic heterocycles. The number of benzene rings is 1. The van der Waals surface area contributed by atoms with Crippen LogP contribution >= 0.6 is 15.9 Å². The lowest BCUT2D eigenvalue weighted by Crippen LogP contribution is -2.01. The predicted molar refractivity (Wildman–Crippen MR) is 83.3 cm³/mol. The molecule has 0 aliphatic carbocycles. The molecule has 0 saturated carbocycles. The molecule has 2 rings (SSSR count). The summed E-state index contributed by atoms with van der Waals surface area (Å²) in [7, 11) is 1.56. The summed E-state index contributed by atoms with van der Waals surface area (Å²) >= 11 is 3.34. The second-order valence-electron chi connectivity index (χ2n) is 4.31. The van der Waals surface area contributed by atoms with Crippen molar-refractivity contribution in [3.05, 3.63) is 52.3 Å². The van der Waals surface area contributed by atoms with Crippen LogP contribution in [0.15, 0.2) is 46.2 Å². The minimum atomic E-state index is 0.343. The SMILES string of the molecule is COc1cc(/C(C)=N/O)ccc1OCc1ccc(Br)cn1. The van der Waals surface area contributed by atoms with E-state index in [-0.39, 0.29) is 0 Å². The lowest BCUT2D eigenvalue weighted by atomic mass is 10.1. The van der Waals surface area contributed by atoms with Gasteiger partial charge in [0.15, 0.2) is 11.5 Å². The summed E-state index contributed by atoms with van der Waals surface area (Å²) in [4.78, 5) is 4.24. The summed E-state index contributed by atoms with van der Waals surface area (Å²) in [5, 5.41) is 12.0. The maximum absolute atomic E-state index is 8.80. The first-order chi connectivity index (χ1) is 10.1. The van der Waals surface area contributed by atoms with Crippen molar-refractivity contribution in [2.75, 3.05) is 7.11 Å². The quantitative estimate of drug-likeness (QED) is 0.508. The van der Waals surface area contributed by atoms with Crippen molar-refractivity contribution in [1.82, 2.24) is 4.98 Å². The molecule has 110 valence electrons. The Morgan fingerprint density at radius 1 is 1.29 bits per heavy atom. The molecule has 0 atom stereocenters. The van der Waals surface area contributed by atoms with Crippen LogP contribution < -0.4 is 9.47 Å². The number of pyridine rings is 1. The normalized spacial score (nSPS) is 11.3. The fraction of sp³-hybridized carbons (Fsp3) is 0.200. The number of hydrogen-bond donors (Lipinski definition) is 1. The third kappa shape index (κ3) is 3.95. The number of methoxy groups -OCH3 is 1. The molecule has 5 nitrogen and oxygen atoms in total. The van der Waals surface area contributed by atoms with Crippen LogP contribution in [0.1, 0.15) is 18.2 Å². The molecule has 0 unspecified atom stereocenters. The van der Waals surface area contributed by atoms with Crippen molar-refractivity contribution in [2.24, 2.45) is 5.16 Å². The van der Waals surface area contributed by atoms with Gasteiger partial charge in [0.25, 0.3) is 0 Å². The molecule has 0 radical (unpaired) electrons. The zero-order valence-electron chi connectivity index (χ0n) is 11.7. The highest BCUT2D eigenvalue weighted by molar-refractivity contribution is 9.10. The highest BCUT2D eigenvalue weighted by atomic mass is 79.9. The Hall–Kier alpha value is -2.08. The van der Waals surface area contributed by atoms with Gasteiger partial charge in [-0.05, 0) is 53.2 Å². The van der Waals surface area contributed by atoms with E-state index < -0.39 is 0 Å². The topological polar surface area (TPSA) is 63.9 Å². The van der Waals surface area contributed by atoms with Gasteiger partial charge in [0, 0.05) is 16.2 Å². The van der Waals surface area contributed by atoms with Gasteiger partial charge in [0.1, 0.15) is 6.61 Å². The third-order valence-electron chi connectivity index (χ3n) is 2.90. The van der Waals surface area contributed by atoms with E-state index in [4.69, 9.17) is 14.7 Å². The minimum Gasteiger partial charge on any atom is -0.493 e. The van der Waals surface area contributed by atoms with Gasteiger partial charge in [-0.2, -0.15) is 0 Å². The van der Waals surface area contributed by atoms with Crippen LogP contribution in [-0.2, 0) is 6.61 Å². The smallest absolute Gasteiger partial charge is 0.161 e. The van der Waals surface area contributed by atoms with Crippen molar-refractivity contribution in [2.45, 2.75) is 13.5 Å². The first kappa shape index (κ1) is 15.3. The molecule has 1 N–H and O–H groups in total. The van der Waals surface area contributed by atoms with E-state index in [0.29, 0.717) is 23.8 Å². The molecule has 0 aliphatic rings. The number of hydrogen-bond acceptors (Lipinski definition) is 5.